The van der Waals surface area contributed by atoms with Crippen LogP contribution in [0.2, 0.25) is 8.67 Å². The molecule has 0 spiro atoms. The van der Waals surface area contributed by atoms with E-state index in [1.54, 1.807) is 6.07 Å². The highest BCUT2D eigenvalue weighted by Gasteiger charge is 2.14. The Balaban J connectivity index is 2.03. The van der Waals surface area contributed by atoms with Gasteiger partial charge in [-0.3, -0.25) is 4.79 Å². The number of aryl methyl sites for hydroxylation is 1. The molecule has 5 heteroatoms. The second-order valence-electron chi connectivity index (χ2n) is 3.77. The topological polar surface area (TPSA) is 26.3 Å². The van der Waals surface area contributed by atoms with Crippen LogP contribution in [0.1, 0.15) is 15.9 Å². The number of ether oxygens (including phenoxy) is 1. The molecule has 0 fully saturated rings. The predicted octanol–water partition coefficient (Wildman–Crippen LogP) is 4.63. The van der Waals surface area contributed by atoms with Crippen LogP contribution in [0, 0.1) is 6.92 Å². The van der Waals surface area contributed by atoms with Crippen molar-refractivity contribution in [3.05, 3.63) is 50.1 Å². The van der Waals surface area contributed by atoms with E-state index in [2.05, 4.69) is 0 Å². The Morgan fingerprint density at radius 3 is 2.72 bits per heavy atom. The summed E-state index contributed by atoms with van der Waals surface area (Å²) in [5, 5.41) is 0. The second-order valence-corrected chi connectivity index (χ2v) is 6.05. The number of rotatable bonds is 4. The van der Waals surface area contributed by atoms with Gasteiger partial charge in [0, 0.05) is 0 Å². The van der Waals surface area contributed by atoms with E-state index < -0.39 is 0 Å². The van der Waals surface area contributed by atoms with Gasteiger partial charge in [-0.2, -0.15) is 0 Å². The highest BCUT2D eigenvalue weighted by Crippen LogP contribution is 2.31. The van der Waals surface area contributed by atoms with Crippen LogP contribution >= 0.6 is 34.5 Å². The van der Waals surface area contributed by atoms with Crippen molar-refractivity contribution in [1.82, 2.24) is 0 Å². The Morgan fingerprint density at radius 2 is 2.11 bits per heavy atom. The minimum Gasteiger partial charge on any atom is -0.485 e. The summed E-state index contributed by atoms with van der Waals surface area (Å²) in [5.74, 6) is 0.491. The molecule has 0 aliphatic rings. The third kappa shape index (κ3) is 3.25. The van der Waals surface area contributed by atoms with E-state index in [0.29, 0.717) is 20.0 Å². The lowest BCUT2D eigenvalue weighted by atomic mass is 10.2. The summed E-state index contributed by atoms with van der Waals surface area (Å²) in [5.41, 5.74) is 1.50. The fourth-order valence-corrected chi connectivity index (χ4v) is 2.96. The quantitative estimate of drug-likeness (QED) is 0.770. The van der Waals surface area contributed by atoms with Crippen molar-refractivity contribution < 1.29 is 9.53 Å². The van der Waals surface area contributed by atoms with Crippen LogP contribution in [-0.4, -0.2) is 12.4 Å². The Bertz CT molecular complexity index is 578. The number of carbonyl (C=O) groups is 1. The van der Waals surface area contributed by atoms with Crippen LogP contribution in [0.4, 0.5) is 0 Å². The van der Waals surface area contributed by atoms with Gasteiger partial charge in [0.25, 0.3) is 0 Å². The molecule has 1 aromatic carbocycles. The summed E-state index contributed by atoms with van der Waals surface area (Å²) in [4.78, 5) is 11.9. The number of Topliss-reactive ketones (excluding diaryl/α,β-unsaturated/α-hetero) is 1. The molecule has 0 aliphatic carbocycles. The second kappa shape index (κ2) is 5.74. The first-order valence-corrected chi connectivity index (χ1v) is 6.81. The monoisotopic (exact) mass is 300 g/mol. The van der Waals surface area contributed by atoms with E-state index in [4.69, 9.17) is 27.9 Å². The van der Waals surface area contributed by atoms with Gasteiger partial charge in [-0.1, -0.05) is 35.3 Å². The van der Waals surface area contributed by atoms with Gasteiger partial charge in [-0.05, 0) is 30.7 Å². The first kappa shape index (κ1) is 13.4. The molecule has 0 bridgehead atoms. The maximum absolute atomic E-state index is 11.9. The fourth-order valence-electron chi connectivity index (χ4n) is 1.46. The highest BCUT2D eigenvalue weighted by molar-refractivity contribution is 7.20. The van der Waals surface area contributed by atoms with E-state index in [-0.39, 0.29) is 12.4 Å². The number of benzene rings is 1. The number of ketones is 1. The first-order valence-electron chi connectivity index (χ1n) is 5.24. The van der Waals surface area contributed by atoms with Crippen molar-refractivity contribution >= 4 is 40.3 Å². The molecule has 1 aromatic heterocycles. The minimum atomic E-state index is -0.176. The van der Waals surface area contributed by atoms with Gasteiger partial charge >= 0.3 is 0 Å². The lowest BCUT2D eigenvalue weighted by Gasteiger charge is -2.05. The third-order valence-electron chi connectivity index (χ3n) is 2.32. The lowest BCUT2D eigenvalue weighted by Crippen LogP contribution is -2.11. The van der Waals surface area contributed by atoms with Gasteiger partial charge in [-0.25, -0.2) is 0 Å². The number of carbonyl (C=O) groups excluding carboxylic acids is 1. The molecule has 0 saturated heterocycles. The molecule has 0 unspecified atom stereocenters. The average molecular weight is 301 g/mol. The van der Waals surface area contributed by atoms with Gasteiger partial charge in [-0.15, -0.1) is 11.3 Å². The summed E-state index contributed by atoms with van der Waals surface area (Å²) >= 11 is 12.9. The van der Waals surface area contributed by atoms with Crippen LogP contribution in [0.15, 0.2) is 30.3 Å². The molecule has 1 heterocycles. The van der Waals surface area contributed by atoms with E-state index in [0.717, 1.165) is 5.56 Å². The molecule has 2 aromatic rings. The van der Waals surface area contributed by atoms with Crippen LogP contribution in [-0.2, 0) is 0 Å². The van der Waals surface area contributed by atoms with Gasteiger partial charge in [0.05, 0.1) is 9.90 Å². The van der Waals surface area contributed by atoms with Crippen molar-refractivity contribution in [2.45, 2.75) is 6.92 Å². The van der Waals surface area contributed by atoms with Crippen LogP contribution in [0.3, 0.4) is 0 Å². The zero-order valence-electron chi connectivity index (χ0n) is 9.57. The minimum absolute atomic E-state index is 0.0454. The largest absolute Gasteiger partial charge is 0.485 e. The third-order valence-corrected chi connectivity index (χ3v) is 3.80. The molecule has 0 radical (unpaired) electrons. The molecule has 0 amide bonds. The number of halogens is 2. The van der Waals surface area contributed by atoms with Crippen molar-refractivity contribution in [2.75, 3.05) is 6.61 Å². The molecule has 18 heavy (non-hydrogen) atoms. The molecule has 0 aliphatic heterocycles. The van der Waals surface area contributed by atoms with Gasteiger partial charge in [0.2, 0.25) is 5.78 Å². The van der Waals surface area contributed by atoms with E-state index in [1.807, 2.05) is 31.2 Å². The fraction of sp³-hybridized carbons (Fsp3) is 0.154. The summed E-state index contributed by atoms with van der Waals surface area (Å²) < 4.78 is 6.32. The standard InChI is InChI=1S/C13H10Cl2O2S/c1-8-3-2-4-9(5-8)17-7-11(16)10-6-12(14)18-13(10)15/h2-6H,7H2,1H3. The molecule has 2 nitrogen and oxygen atoms in total. The molecular weight excluding hydrogens is 291 g/mol. The molecule has 0 atom stereocenters. The predicted molar refractivity (Wildman–Crippen MR) is 75.3 cm³/mol. The first-order chi connectivity index (χ1) is 8.56. The van der Waals surface area contributed by atoms with Gasteiger partial charge < -0.3 is 4.74 Å². The smallest absolute Gasteiger partial charge is 0.202 e. The van der Waals surface area contributed by atoms with E-state index in [9.17, 15) is 4.79 Å². The number of thiophene rings is 1. The molecular formula is C13H10Cl2O2S. The average Bonchev–Trinajstić information content (AvgIpc) is 2.66. The number of hydrogen-bond acceptors (Lipinski definition) is 3. The zero-order chi connectivity index (χ0) is 13.1. The molecule has 0 saturated carbocycles. The molecule has 94 valence electrons. The highest BCUT2D eigenvalue weighted by atomic mass is 35.5. The summed E-state index contributed by atoms with van der Waals surface area (Å²) in [7, 11) is 0. The molecule has 0 N–H and O–H groups in total. The number of hydrogen-bond donors (Lipinski definition) is 0. The Morgan fingerprint density at radius 1 is 1.33 bits per heavy atom. The van der Waals surface area contributed by atoms with Crippen molar-refractivity contribution in [1.29, 1.82) is 0 Å². The summed E-state index contributed by atoms with van der Waals surface area (Å²) in [6, 6.07) is 9.09. The lowest BCUT2D eigenvalue weighted by molar-refractivity contribution is 0.0922. The van der Waals surface area contributed by atoms with Crippen molar-refractivity contribution in [3.8, 4) is 5.75 Å². The van der Waals surface area contributed by atoms with Crippen molar-refractivity contribution in [2.24, 2.45) is 0 Å². The van der Waals surface area contributed by atoms with E-state index >= 15 is 0 Å². The van der Waals surface area contributed by atoms with Crippen molar-refractivity contribution in [3.63, 3.8) is 0 Å². The maximum Gasteiger partial charge on any atom is 0.202 e. The van der Waals surface area contributed by atoms with Gasteiger partial charge in [0.15, 0.2) is 6.61 Å². The summed E-state index contributed by atoms with van der Waals surface area (Å²) in [6.07, 6.45) is 0. The van der Waals surface area contributed by atoms with Crippen LogP contribution in [0.5, 0.6) is 5.75 Å². The Labute approximate surface area is 119 Å². The Hall–Kier alpha value is -1.03. The Kier molecular flexibility index (Phi) is 4.27. The van der Waals surface area contributed by atoms with E-state index in [1.165, 1.54) is 11.3 Å². The van der Waals surface area contributed by atoms with Crippen LogP contribution in [0.25, 0.3) is 0 Å². The van der Waals surface area contributed by atoms with Crippen LogP contribution < -0.4 is 4.74 Å². The summed E-state index contributed by atoms with van der Waals surface area (Å²) in [6.45, 7) is 1.92. The SMILES string of the molecule is Cc1cccc(OCC(=O)c2cc(Cl)sc2Cl)c1. The van der Waals surface area contributed by atoms with Gasteiger partial charge in [0.1, 0.15) is 10.1 Å². The normalized spacial score (nSPS) is 10.4. The molecule has 2 rings (SSSR count). The zero-order valence-corrected chi connectivity index (χ0v) is 11.9. The maximum atomic E-state index is 11.9.